The zero-order valence-corrected chi connectivity index (χ0v) is 12.5. The standard InChI is InChI=1S/C16H15N3O4/c1-2-21-16(20)11-5-7-12(8-6-11)19-14(15(17)23-18-19)10-13-4-3-9-22-13/h3-9H,2,10H2,1H3,(H-,17,18). The summed E-state index contributed by atoms with van der Waals surface area (Å²) < 4.78 is 16.7. The lowest BCUT2D eigenvalue weighted by Crippen LogP contribution is -2.36. The minimum atomic E-state index is -0.374. The van der Waals surface area contributed by atoms with Crippen molar-refractivity contribution < 1.29 is 23.2 Å². The summed E-state index contributed by atoms with van der Waals surface area (Å²) >= 11 is 0. The number of nitrogens with one attached hydrogen (secondary N) is 1. The van der Waals surface area contributed by atoms with Crippen molar-refractivity contribution in [1.82, 2.24) is 5.27 Å². The van der Waals surface area contributed by atoms with Gasteiger partial charge in [-0.25, -0.2) is 4.79 Å². The van der Waals surface area contributed by atoms with E-state index in [4.69, 9.17) is 19.4 Å². The number of rotatable bonds is 5. The second kappa shape index (κ2) is 6.35. The van der Waals surface area contributed by atoms with Gasteiger partial charge in [0.15, 0.2) is 0 Å². The molecule has 7 nitrogen and oxygen atoms in total. The maximum Gasteiger partial charge on any atom is 0.338 e. The molecule has 118 valence electrons. The lowest BCUT2D eigenvalue weighted by Gasteiger charge is -2.01. The molecule has 0 atom stereocenters. The highest BCUT2D eigenvalue weighted by Gasteiger charge is 2.23. The van der Waals surface area contributed by atoms with Crippen LogP contribution in [0.5, 0.6) is 0 Å². The summed E-state index contributed by atoms with van der Waals surface area (Å²) in [4.78, 5) is 11.7. The molecule has 0 spiro atoms. The Morgan fingerprint density at radius 3 is 2.74 bits per heavy atom. The number of aromatic nitrogens is 2. The molecular weight excluding hydrogens is 298 g/mol. The first-order valence-corrected chi connectivity index (χ1v) is 7.11. The number of ether oxygens (including phenoxy) is 1. The van der Waals surface area contributed by atoms with Gasteiger partial charge in [-0.1, -0.05) is 0 Å². The van der Waals surface area contributed by atoms with E-state index >= 15 is 0 Å². The van der Waals surface area contributed by atoms with Gasteiger partial charge >= 0.3 is 5.97 Å². The molecule has 7 heteroatoms. The highest BCUT2D eigenvalue weighted by Crippen LogP contribution is 2.19. The second-order valence-corrected chi connectivity index (χ2v) is 4.78. The third-order valence-corrected chi connectivity index (χ3v) is 3.28. The molecule has 0 radical (unpaired) electrons. The van der Waals surface area contributed by atoms with Gasteiger partial charge in [-0.2, -0.15) is 0 Å². The van der Waals surface area contributed by atoms with Crippen LogP contribution in [0.25, 0.3) is 11.4 Å². The van der Waals surface area contributed by atoms with Crippen molar-refractivity contribution in [2.24, 2.45) is 0 Å². The molecule has 2 heterocycles. The average Bonchev–Trinajstić information content (AvgIpc) is 3.19. The van der Waals surface area contributed by atoms with Gasteiger partial charge in [0.1, 0.15) is 11.6 Å². The van der Waals surface area contributed by atoms with E-state index in [0.29, 0.717) is 35.7 Å². The van der Waals surface area contributed by atoms with Gasteiger partial charge in [-0.05, 0) is 35.9 Å². The minimum absolute atomic E-state index is 0.0316. The third-order valence-electron chi connectivity index (χ3n) is 3.28. The molecule has 0 aliphatic rings. The number of nitrogens with zero attached hydrogens (tertiary/aromatic N) is 2. The van der Waals surface area contributed by atoms with Gasteiger partial charge in [0.25, 0.3) is 0 Å². The van der Waals surface area contributed by atoms with Gasteiger partial charge in [-0.15, -0.1) is 0 Å². The fraction of sp³-hybridized carbons (Fsp3) is 0.188. The van der Waals surface area contributed by atoms with Gasteiger partial charge in [-0.3, -0.25) is 0 Å². The number of esters is 1. The van der Waals surface area contributed by atoms with Gasteiger partial charge in [0.05, 0.1) is 24.9 Å². The Labute approximate surface area is 132 Å². The van der Waals surface area contributed by atoms with Crippen molar-refractivity contribution in [2.75, 3.05) is 6.61 Å². The zero-order valence-electron chi connectivity index (χ0n) is 12.5. The Morgan fingerprint density at radius 1 is 1.30 bits per heavy atom. The topological polar surface area (TPSA) is 93.2 Å². The normalized spacial score (nSPS) is 10.7. The Kier molecular flexibility index (Phi) is 4.09. The maximum atomic E-state index is 11.7. The van der Waals surface area contributed by atoms with E-state index in [1.807, 2.05) is 6.07 Å². The summed E-state index contributed by atoms with van der Waals surface area (Å²) in [7, 11) is 0. The molecule has 0 aliphatic carbocycles. The Morgan fingerprint density at radius 2 is 2.09 bits per heavy atom. The van der Waals surface area contributed by atoms with E-state index in [2.05, 4.69) is 5.27 Å². The Balaban J connectivity index is 1.88. The van der Waals surface area contributed by atoms with E-state index in [1.54, 1.807) is 43.5 Å². The van der Waals surface area contributed by atoms with Gasteiger partial charge in [0.2, 0.25) is 16.7 Å². The molecule has 1 N–H and O–H groups in total. The van der Waals surface area contributed by atoms with Crippen LogP contribution in [-0.2, 0) is 11.2 Å². The largest absolute Gasteiger partial charge is 0.660 e. The number of carbonyl (C=O) groups excluding carboxylic acids is 1. The van der Waals surface area contributed by atoms with Crippen molar-refractivity contribution >= 4 is 11.9 Å². The molecule has 0 fully saturated rings. The Hall–Kier alpha value is -3.09. The molecule has 0 saturated heterocycles. The molecule has 23 heavy (non-hydrogen) atoms. The smallest absolute Gasteiger partial charge is 0.338 e. The maximum absolute atomic E-state index is 11.7. The highest BCUT2D eigenvalue weighted by molar-refractivity contribution is 5.89. The molecule has 0 amide bonds. The van der Waals surface area contributed by atoms with Crippen molar-refractivity contribution in [2.45, 2.75) is 13.3 Å². The predicted molar refractivity (Wildman–Crippen MR) is 79.5 cm³/mol. The molecule has 3 rings (SSSR count). The minimum Gasteiger partial charge on any atom is -0.660 e. The van der Waals surface area contributed by atoms with Crippen LogP contribution in [0.1, 0.15) is 28.7 Å². The van der Waals surface area contributed by atoms with Gasteiger partial charge < -0.3 is 19.4 Å². The summed E-state index contributed by atoms with van der Waals surface area (Å²) in [5.41, 5.74) is 9.54. The Bertz CT molecular complexity index is 791. The van der Waals surface area contributed by atoms with E-state index < -0.39 is 0 Å². The quantitative estimate of drug-likeness (QED) is 0.533. The highest BCUT2D eigenvalue weighted by atomic mass is 16.5. The van der Waals surface area contributed by atoms with Crippen molar-refractivity contribution in [3.8, 4) is 5.69 Å². The van der Waals surface area contributed by atoms with E-state index in [9.17, 15) is 4.79 Å². The van der Waals surface area contributed by atoms with Crippen LogP contribution < -0.4 is 4.68 Å². The van der Waals surface area contributed by atoms with E-state index in [1.165, 1.54) is 4.68 Å². The van der Waals surface area contributed by atoms with Gasteiger partial charge in [0, 0.05) is 12.1 Å². The van der Waals surface area contributed by atoms with Crippen LogP contribution in [0.3, 0.4) is 0 Å². The van der Waals surface area contributed by atoms with E-state index in [0.717, 1.165) is 0 Å². The van der Waals surface area contributed by atoms with Crippen LogP contribution in [0.4, 0.5) is 5.88 Å². The van der Waals surface area contributed by atoms with Crippen LogP contribution >= 0.6 is 0 Å². The van der Waals surface area contributed by atoms with Crippen LogP contribution in [0.2, 0.25) is 0 Å². The second-order valence-electron chi connectivity index (χ2n) is 4.78. The monoisotopic (exact) mass is 313 g/mol. The molecular formula is C16H15N3O4. The number of hydrogen-bond donors (Lipinski definition) is 0. The lowest BCUT2D eigenvalue weighted by molar-refractivity contribution is -0.676. The summed E-state index contributed by atoms with van der Waals surface area (Å²) in [6.07, 6.45) is 1.96. The first-order chi connectivity index (χ1) is 11.2. The summed E-state index contributed by atoms with van der Waals surface area (Å²) in [5, 5.41) is 3.87. The average molecular weight is 313 g/mol. The molecule has 0 unspecified atom stereocenters. The lowest BCUT2D eigenvalue weighted by atomic mass is 10.2. The summed E-state index contributed by atoms with van der Waals surface area (Å²) in [6, 6.07) is 10.3. The number of furan rings is 1. The number of hydrogen-bond acceptors (Lipinski definition) is 5. The first-order valence-electron chi connectivity index (χ1n) is 7.11. The van der Waals surface area contributed by atoms with Crippen molar-refractivity contribution in [1.29, 1.82) is 0 Å². The fourth-order valence-electron chi connectivity index (χ4n) is 2.17. The van der Waals surface area contributed by atoms with Crippen molar-refractivity contribution in [3.63, 3.8) is 0 Å². The van der Waals surface area contributed by atoms with Crippen LogP contribution in [0, 0.1) is 0 Å². The van der Waals surface area contributed by atoms with Crippen LogP contribution in [0.15, 0.2) is 51.6 Å². The SMILES string of the molecule is CCOC(=O)c1ccc(-[n+]2noc([NH-])c2Cc2ccco2)cc1. The summed E-state index contributed by atoms with van der Waals surface area (Å²) in [5.74, 6) is 0.302. The molecule has 1 aromatic carbocycles. The molecule has 2 aromatic heterocycles. The number of carbonyl (C=O) groups is 1. The van der Waals surface area contributed by atoms with Crippen molar-refractivity contribution in [3.05, 3.63) is 65.4 Å². The molecule has 0 bridgehead atoms. The van der Waals surface area contributed by atoms with E-state index in [-0.39, 0.29) is 11.9 Å². The van der Waals surface area contributed by atoms with Crippen LogP contribution in [-0.4, -0.2) is 17.8 Å². The zero-order chi connectivity index (χ0) is 16.2. The predicted octanol–water partition coefficient (Wildman–Crippen LogP) is 3.00. The first kappa shape index (κ1) is 14.8. The molecule has 3 aromatic rings. The molecule has 0 saturated carbocycles. The number of benzene rings is 1. The molecule has 0 aliphatic heterocycles. The fourth-order valence-corrected chi connectivity index (χ4v) is 2.17. The summed E-state index contributed by atoms with van der Waals surface area (Å²) in [6.45, 7) is 2.09. The third kappa shape index (κ3) is 3.08.